The molecule has 0 aromatic heterocycles. The van der Waals surface area contributed by atoms with Gasteiger partial charge in [-0.15, -0.1) is 0 Å². The summed E-state index contributed by atoms with van der Waals surface area (Å²) < 4.78 is 98.6. The number of halogens is 3. The van der Waals surface area contributed by atoms with Gasteiger partial charge in [0.15, 0.2) is 0 Å². The second-order valence-corrected chi connectivity index (χ2v) is 18.4. The summed E-state index contributed by atoms with van der Waals surface area (Å²) in [5.74, 6) is -0.210. The zero-order valence-corrected chi connectivity index (χ0v) is 32.9. The highest BCUT2D eigenvalue weighted by atomic mass is 32.2. The van der Waals surface area contributed by atoms with Crippen LogP contribution < -0.4 is 13.5 Å². The Labute approximate surface area is 341 Å². The summed E-state index contributed by atoms with van der Waals surface area (Å²) in [6, 6.07) is 53.6. The molecule has 0 saturated carbocycles. The SMILES string of the molecule is O=P1(NS(=O)(=O)C(F)(F)F)Oc2c(-c3cc4ccccc4c4ccccc34)cc3ccccc3c2-c2c(c(-c3cc4ccccc4c4ccccc34)cc3ccccc23)O1. The first-order valence-corrected chi connectivity index (χ1v) is 22.0. The van der Waals surface area contributed by atoms with E-state index < -0.39 is 23.3 Å². The molecule has 0 amide bonds. The molecule has 0 unspecified atom stereocenters. The lowest BCUT2D eigenvalue weighted by Gasteiger charge is -2.22. The fraction of sp³-hybridized carbons (Fsp3) is 0.0204. The van der Waals surface area contributed by atoms with Crippen molar-refractivity contribution in [2.75, 3.05) is 0 Å². The molecular weight excluding hydrogens is 803 g/mol. The highest BCUT2D eigenvalue weighted by molar-refractivity contribution is 7.95. The highest BCUT2D eigenvalue weighted by Crippen LogP contribution is 2.63. The first kappa shape index (κ1) is 36.4. The Morgan fingerprint density at radius 1 is 0.417 bits per heavy atom. The predicted octanol–water partition coefficient (Wildman–Crippen LogP) is 13.9. The molecule has 10 aromatic rings. The molecule has 11 rings (SSSR count). The van der Waals surface area contributed by atoms with E-state index >= 15 is 4.57 Å². The van der Waals surface area contributed by atoms with Crippen LogP contribution in [-0.4, -0.2) is 13.9 Å². The van der Waals surface area contributed by atoms with Crippen LogP contribution in [-0.2, 0) is 14.6 Å². The summed E-state index contributed by atoms with van der Waals surface area (Å²) >= 11 is 0. The molecular formula is C49H29F3NO5PS. The Kier molecular flexibility index (Phi) is 7.97. The number of alkyl halides is 3. The van der Waals surface area contributed by atoms with Gasteiger partial charge in [0.1, 0.15) is 11.5 Å². The minimum atomic E-state index is -6.31. The van der Waals surface area contributed by atoms with Gasteiger partial charge in [-0.05, 0) is 100 Å². The van der Waals surface area contributed by atoms with Crippen LogP contribution in [0, 0.1) is 0 Å². The van der Waals surface area contributed by atoms with E-state index in [1.54, 1.807) is 0 Å². The van der Waals surface area contributed by atoms with Crippen molar-refractivity contribution in [1.82, 2.24) is 4.49 Å². The van der Waals surface area contributed by atoms with Crippen molar-refractivity contribution in [2.45, 2.75) is 5.51 Å². The zero-order chi connectivity index (χ0) is 41.0. The van der Waals surface area contributed by atoms with Crippen LogP contribution in [0.2, 0.25) is 0 Å². The van der Waals surface area contributed by atoms with Crippen molar-refractivity contribution >= 4 is 82.4 Å². The molecule has 11 heteroatoms. The van der Waals surface area contributed by atoms with Crippen molar-refractivity contribution in [1.29, 1.82) is 0 Å². The summed E-state index contributed by atoms with van der Waals surface area (Å²) in [5.41, 5.74) is -3.10. The van der Waals surface area contributed by atoms with Gasteiger partial charge in [0.25, 0.3) is 0 Å². The molecule has 60 heavy (non-hydrogen) atoms. The molecule has 10 aromatic carbocycles. The topological polar surface area (TPSA) is 81.7 Å². The van der Waals surface area contributed by atoms with E-state index in [1.165, 1.54) is 4.49 Å². The van der Waals surface area contributed by atoms with Gasteiger partial charge in [0.05, 0.1) is 0 Å². The number of hydrogen-bond acceptors (Lipinski definition) is 5. The zero-order valence-electron chi connectivity index (χ0n) is 31.2. The Morgan fingerprint density at radius 2 is 0.717 bits per heavy atom. The van der Waals surface area contributed by atoms with Crippen LogP contribution in [0.5, 0.6) is 11.5 Å². The quantitative estimate of drug-likeness (QED) is 0.141. The third kappa shape index (κ3) is 5.59. The summed E-state index contributed by atoms with van der Waals surface area (Å²) in [6.45, 7) is 0. The third-order valence-electron chi connectivity index (χ3n) is 11.3. The van der Waals surface area contributed by atoms with Gasteiger partial charge in [-0.2, -0.15) is 13.2 Å². The summed E-state index contributed by atoms with van der Waals surface area (Å²) in [5, 5.41) is 9.78. The molecule has 1 N–H and O–H groups in total. The molecule has 0 atom stereocenters. The minimum absolute atomic E-state index is 0.105. The predicted molar refractivity (Wildman–Crippen MR) is 235 cm³/mol. The molecule has 0 radical (unpaired) electrons. The molecule has 0 bridgehead atoms. The van der Waals surface area contributed by atoms with E-state index in [0.29, 0.717) is 44.2 Å². The maximum atomic E-state index is 15.4. The van der Waals surface area contributed by atoms with Crippen LogP contribution in [0.4, 0.5) is 13.2 Å². The van der Waals surface area contributed by atoms with Crippen LogP contribution in [0.3, 0.4) is 0 Å². The highest BCUT2D eigenvalue weighted by Gasteiger charge is 2.53. The summed E-state index contributed by atoms with van der Waals surface area (Å²) in [7, 11) is -11.9. The van der Waals surface area contributed by atoms with Gasteiger partial charge < -0.3 is 9.05 Å². The van der Waals surface area contributed by atoms with Gasteiger partial charge in [-0.3, -0.25) is 0 Å². The lowest BCUT2D eigenvalue weighted by atomic mass is 9.84. The monoisotopic (exact) mass is 831 g/mol. The molecule has 1 aliphatic rings. The minimum Gasteiger partial charge on any atom is -0.403 e. The van der Waals surface area contributed by atoms with Gasteiger partial charge in [0, 0.05) is 22.3 Å². The van der Waals surface area contributed by atoms with Crippen LogP contribution in [0.15, 0.2) is 170 Å². The van der Waals surface area contributed by atoms with Crippen molar-refractivity contribution < 1.29 is 35.2 Å². The normalized spacial score (nSPS) is 13.9. The van der Waals surface area contributed by atoms with Gasteiger partial charge >= 0.3 is 23.3 Å². The fourth-order valence-electron chi connectivity index (χ4n) is 8.79. The third-order valence-corrected chi connectivity index (χ3v) is 14.6. The molecule has 0 aliphatic carbocycles. The Morgan fingerprint density at radius 3 is 1.10 bits per heavy atom. The first-order valence-electron chi connectivity index (χ1n) is 19.0. The van der Waals surface area contributed by atoms with E-state index in [1.807, 2.05) is 170 Å². The van der Waals surface area contributed by atoms with E-state index in [9.17, 15) is 21.6 Å². The Hall–Kier alpha value is -6.71. The largest absolute Gasteiger partial charge is 0.526 e. The molecule has 0 spiro atoms. The second kappa shape index (κ2) is 13.1. The molecule has 292 valence electrons. The number of sulfonamides is 1. The van der Waals surface area contributed by atoms with Crippen molar-refractivity contribution in [2.24, 2.45) is 0 Å². The Bertz CT molecular complexity index is 3430. The Balaban J connectivity index is 1.34. The van der Waals surface area contributed by atoms with Crippen LogP contribution >= 0.6 is 7.75 Å². The standard InChI is InChI=1S/C49H29F3NO5PS/c50-49(51,52)60(55,56)53-59(54)57-47-43(41-25-29-13-1-5-17-33(29)37-21-9-11-23-39(37)41)27-31-15-3-7-19-35(31)45(47)46-36-20-8-4-16-32(36)28-44(48(46)58-59)42-26-30-14-2-6-18-34(30)38-22-10-12-24-40(38)42/h1-28H,(H,53,54). The van der Waals surface area contributed by atoms with E-state index in [2.05, 4.69) is 0 Å². The number of fused-ring (bicyclic) bond motifs is 13. The summed E-state index contributed by atoms with van der Waals surface area (Å²) in [6.07, 6.45) is 0. The first-order chi connectivity index (χ1) is 29.0. The lowest BCUT2D eigenvalue weighted by molar-refractivity contribution is -0.0443. The summed E-state index contributed by atoms with van der Waals surface area (Å²) in [4.78, 5) is 0. The average Bonchev–Trinajstić information content (AvgIpc) is 3.39. The average molecular weight is 832 g/mol. The number of benzene rings is 10. The molecule has 1 heterocycles. The van der Waals surface area contributed by atoms with Crippen LogP contribution in [0.25, 0.3) is 98.0 Å². The molecule has 0 fully saturated rings. The second-order valence-electron chi connectivity index (χ2n) is 14.8. The lowest BCUT2D eigenvalue weighted by Crippen LogP contribution is -2.36. The van der Waals surface area contributed by atoms with Crippen molar-refractivity contribution in [3.05, 3.63) is 170 Å². The number of rotatable bonds is 4. The molecule has 1 aliphatic heterocycles. The van der Waals surface area contributed by atoms with Gasteiger partial charge in [-0.1, -0.05) is 150 Å². The number of nitrogens with one attached hydrogen (secondary N) is 1. The van der Waals surface area contributed by atoms with Crippen molar-refractivity contribution in [3.8, 4) is 44.9 Å². The molecule has 0 saturated heterocycles. The molecule has 6 nitrogen and oxygen atoms in total. The van der Waals surface area contributed by atoms with Gasteiger partial charge in [-0.25, -0.2) is 13.0 Å². The number of hydrogen-bond donors (Lipinski definition) is 1. The van der Waals surface area contributed by atoms with Crippen LogP contribution in [0.1, 0.15) is 0 Å². The van der Waals surface area contributed by atoms with E-state index in [0.717, 1.165) is 53.9 Å². The maximum Gasteiger partial charge on any atom is 0.526 e. The van der Waals surface area contributed by atoms with Crippen molar-refractivity contribution in [3.63, 3.8) is 0 Å². The smallest absolute Gasteiger partial charge is 0.403 e. The van der Waals surface area contributed by atoms with Gasteiger partial charge in [0.2, 0.25) is 0 Å². The maximum absolute atomic E-state index is 15.4. The van der Waals surface area contributed by atoms with E-state index in [-0.39, 0.29) is 11.5 Å². The van der Waals surface area contributed by atoms with E-state index in [4.69, 9.17) is 9.05 Å². The fourth-order valence-corrected chi connectivity index (χ4v) is 11.6.